The van der Waals surface area contributed by atoms with Crippen LogP contribution in [0.3, 0.4) is 0 Å². The Morgan fingerprint density at radius 1 is 1.50 bits per heavy atom. The second-order valence-electron chi connectivity index (χ2n) is 3.59. The van der Waals surface area contributed by atoms with Crippen LogP contribution in [-0.2, 0) is 4.79 Å². The van der Waals surface area contributed by atoms with Gasteiger partial charge >= 0.3 is 0 Å². The van der Waals surface area contributed by atoms with Crippen molar-refractivity contribution in [3.05, 3.63) is 16.5 Å². The van der Waals surface area contributed by atoms with Crippen LogP contribution < -0.4 is 5.32 Å². The van der Waals surface area contributed by atoms with Crippen molar-refractivity contribution in [3.63, 3.8) is 0 Å². The highest BCUT2D eigenvalue weighted by Crippen LogP contribution is 2.25. The van der Waals surface area contributed by atoms with Gasteiger partial charge in [-0.3, -0.25) is 4.79 Å². The van der Waals surface area contributed by atoms with Gasteiger partial charge in [-0.05, 0) is 5.92 Å². The first kappa shape index (κ1) is 13.2. The van der Waals surface area contributed by atoms with E-state index in [1.54, 1.807) is 0 Å². The zero-order chi connectivity index (χ0) is 12.1. The summed E-state index contributed by atoms with van der Waals surface area (Å²) in [5.74, 6) is 0.470. The Hall–Kier alpha value is -0.870. The van der Waals surface area contributed by atoms with E-state index in [1.165, 1.54) is 6.33 Å². The molecule has 1 N–H and O–H groups in total. The molecule has 0 aromatic carbocycles. The summed E-state index contributed by atoms with van der Waals surface area (Å²) >= 11 is 11.5. The van der Waals surface area contributed by atoms with Crippen LogP contribution >= 0.6 is 23.2 Å². The van der Waals surface area contributed by atoms with Gasteiger partial charge in [-0.2, -0.15) is 0 Å². The summed E-state index contributed by atoms with van der Waals surface area (Å²) in [5.41, 5.74) is 0. The number of anilines is 1. The molecule has 0 fully saturated rings. The Morgan fingerprint density at radius 2 is 2.19 bits per heavy atom. The Morgan fingerprint density at radius 3 is 2.81 bits per heavy atom. The average molecular weight is 262 g/mol. The monoisotopic (exact) mass is 261 g/mol. The minimum atomic E-state index is -0.119. The molecule has 0 saturated carbocycles. The molecule has 0 aliphatic heterocycles. The van der Waals surface area contributed by atoms with E-state index >= 15 is 0 Å². The van der Waals surface area contributed by atoms with Gasteiger partial charge in [0.15, 0.2) is 11.0 Å². The second-order valence-corrected chi connectivity index (χ2v) is 4.33. The average Bonchev–Trinajstić information content (AvgIpc) is 2.24. The number of halogens is 2. The summed E-state index contributed by atoms with van der Waals surface area (Å²) in [5, 5.41) is 2.91. The maximum atomic E-state index is 11.6. The number of carbonyl (C=O) groups excluding carboxylic acids is 1. The number of aromatic nitrogens is 2. The molecule has 88 valence electrons. The van der Waals surface area contributed by atoms with Gasteiger partial charge in [-0.25, -0.2) is 9.97 Å². The molecule has 6 heteroatoms. The van der Waals surface area contributed by atoms with E-state index in [-0.39, 0.29) is 21.9 Å². The van der Waals surface area contributed by atoms with Gasteiger partial charge in [0.05, 0.1) is 0 Å². The molecule has 4 nitrogen and oxygen atoms in total. The second kappa shape index (κ2) is 6.01. The molecule has 1 heterocycles. The molecule has 1 aromatic rings. The predicted molar refractivity (Wildman–Crippen MR) is 64.8 cm³/mol. The number of hydrogen-bond acceptors (Lipinski definition) is 3. The van der Waals surface area contributed by atoms with Gasteiger partial charge in [0.1, 0.15) is 11.3 Å². The molecular weight excluding hydrogens is 249 g/mol. The van der Waals surface area contributed by atoms with Gasteiger partial charge in [0.2, 0.25) is 5.91 Å². The molecule has 16 heavy (non-hydrogen) atoms. The van der Waals surface area contributed by atoms with Crippen molar-refractivity contribution < 1.29 is 4.79 Å². The number of nitrogens with one attached hydrogen (secondary N) is 1. The van der Waals surface area contributed by atoms with Crippen LogP contribution in [0.15, 0.2) is 6.33 Å². The smallest absolute Gasteiger partial charge is 0.225 e. The summed E-state index contributed by atoms with van der Waals surface area (Å²) in [7, 11) is 0. The normalized spacial score (nSPS) is 12.2. The number of amides is 1. The highest BCUT2D eigenvalue weighted by atomic mass is 35.5. The third kappa shape index (κ3) is 3.61. The minimum absolute atomic E-state index is 0.119. The summed E-state index contributed by atoms with van der Waals surface area (Å²) in [4.78, 5) is 19.1. The van der Waals surface area contributed by atoms with E-state index in [9.17, 15) is 4.79 Å². The van der Waals surface area contributed by atoms with Crippen molar-refractivity contribution in [2.75, 3.05) is 5.32 Å². The molecule has 1 unspecified atom stereocenters. The fourth-order valence-corrected chi connectivity index (χ4v) is 1.36. The fraction of sp³-hybridized carbons (Fsp3) is 0.500. The van der Waals surface area contributed by atoms with E-state index < -0.39 is 0 Å². The van der Waals surface area contributed by atoms with Crippen LogP contribution in [0.2, 0.25) is 10.2 Å². The molecule has 0 radical (unpaired) electrons. The van der Waals surface area contributed by atoms with Crippen molar-refractivity contribution in [2.45, 2.75) is 26.7 Å². The van der Waals surface area contributed by atoms with Crippen molar-refractivity contribution in [1.82, 2.24) is 9.97 Å². The first-order valence-corrected chi connectivity index (χ1v) is 5.76. The quantitative estimate of drug-likeness (QED) is 0.848. The Kier molecular flexibility index (Phi) is 4.96. The van der Waals surface area contributed by atoms with E-state index in [0.29, 0.717) is 12.3 Å². The van der Waals surface area contributed by atoms with Crippen molar-refractivity contribution in [2.24, 2.45) is 5.92 Å². The molecule has 1 amide bonds. The predicted octanol–water partition coefficient (Wildman–Crippen LogP) is 3.16. The Bertz CT molecular complexity index is 384. The summed E-state index contributed by atoms with van der Waals surface area (Å²) in [6, 6.07) is 0. The van der Waals surface area contributed by atoms with Crippen molar-refractivity contribution in [3.8, 4) is 0 Å². The van der Waals surface area contributed by atoms with Crippen LogP contribution in [0, 0.1) is 5.92 Å². The maximum absolute atomic E-state index is 11.6. The number of carbonyl (C=O) groups is 1. The Balaban J connectivity index is 2.66. The molecule has 0 bridgehead atoms. The lowest BCUT2D eigenvalue weighted by Crippen LogP contribution is -2.16. The standard InChI is InChI=1S/C10H13Cl2N3O/c1-3-6(2)4-7(16)15-10-8(11)9(12)13-5-14-10/h5-6H,3-4H2,1-2H3,(H,13,14,15,16). The lowest BCUT2D eigenvalue weighted by molar-refractivity contribution is -0.117. The maximum Gasteiger partial charge on any atom is 0.225 e. The van der Waals surface area contributed by atoms with Crippen LogP contribution in [0.5, 0.6) is 0 Å². The van der Waals surface area contributed by atoms with Crippen molar-refractivity contribution >= 4 is 34.9 Å². The van der Waals surface area contributed by atoms with Crippen molar-refractivity contribution in [1.29, 1.82) is 0 Å². The van der Waals surface area contributed by atoms with Crippen LogP contribution in [0.4, 0.5) is 5.82 Å². The zero-order valence-electron chi connectivity index (χ0n) is 9.13. The van der Waals surface area contributed by atoms with E-state index in [0.717, 1.165) is 6.42 Å². The fourth-order valence-electron chi connectivity index (χ4n) is 1.08. The highest BCUT2D eigenvalue weighted by molar-refractivity contribution is 6.42. The summed E-state index contributed by atoms with van der Waals surface area (Å²) in [6.07, 6.45) is 2.65. The van der Waals surface area contributed by atoms with E-state index in [1.807, 2.05) is 13.8 Å². The molecule has 1 rings (SSSR count). The molecular formula is C10H13Cl2N3O. The molecule has 1 atom stereocenters. The summed E-state index contributed by atoms with van der Waals surface area (Å²) < 4.78 is 0. The zero-order valence-corrected chi connectivity index (χ0v) is 10.6. The van der Waals surface area contributed by atoms with Gasteiger partial charge in [0.25, 0.3) is 0 Å². The van der Waals surface area contributed by atoms with Crippen LogP contribution in [0.25, 0.3) is 0 Å². The topological polar surface area (TPSA) is 54.9 Å². The lowest BCUT2D eigenvalue weighted by Gasteiger charge is -2.09. The number of rotatable bonds is 4. The summed E-state index contributed by atoms with van der Waals surface area (Å²) in [6.45, 7) is 4.04. The van der Waals surface area contributed by atoms with Gasteiger partial charge in [-0.15, -0.1) is 0 Å². The first-order chi connectivity index (χ1) is 7.54. The van der Waals surface area contributed by atoms with Gasteiger partial charge in [0, 0.05) is 6.42 Å². The van der Waals surface area contributed by atoms with Crippen LogP contribution in [0.1, 0.15) is 26.7 Å². The first-order valence-electron chi connectivity index (χ1n) is 5.00. The van der Waals surface area contributed by atoms with Gasteiger partial charge < -0.3 is 5.32 Å². The number of nitrogens with zero attached hydrogens (tertiary/aromatic N) is 2. The van der Waals surface area contributed by atoms with Gasteiger partial charge in [-0.1, -0.05) is 43.5 Å². The molecule has 0 aliphatic carbocycles. The lowest BCUT2D eigenvalue weighted by atomic mass is 10.1. The largest absolute Gasteiger partial charge is 0.309 e. The Labute approximate surface area is 104 Å². The molecule has 0 aliphatic rings. The third-order valence-corrected chi connectivity index (χ3v) is 2.98. The van der Waals surface area contributed by atoms with Crippen LogP contribution in [-0.4, -0.2) is 15.9 Å². The molecule has 0 saturated heterocycles. The SMILES string of the molecule is CCC(C)CC(=O)Nc1ncnc(Cl)c1Cl. The molecule has 0 spiro atoms. The minimum Gasteiger partial charge on any atom is -0.309 e. The third-order valence-electron chi connectivity index (χ3n) is 2.24. The van der Waals surface area contributed by atoms with E-state index in [4.69, 9.17) is 23.2 Å². The number of hydrogen-bond donors (Lipinski definition) is 1. The molecule has 1 aromatic heterocycles. The highest BCUT2D eigenvalue weighted by Gasteiger charge is 2.12. The van der Waals surface area contributed by atoms with E-state index in [2.05, 4.69) is 15.3 Å².